The van der Waals surface area contributed by atoms with Crippen molar-refractivity contribution in [2.75, 3.05) is 33.7 Å². The van der Waals surface area contributed by atoms with E-state index in [9.17, 15) is 4.79 Å². The Hall–Kier alpha value is -1.43. The van der Waals surface area contributed by atoms with E-state index in [1.54, 1.807) is 0 Å². The Kier molecular flexibility index (Phi) is 5.79. The van der Waals surface area contributed by atoms with Crippen molar-refractivity contribution in [1.29, 1.82) is 0 Å². The zero-order valence-electron chi connectivity index (χ0n) is 15.0. The summed E-state index contributed by atoms with van der Waals surface area (Å²) >= 11 is 0. The number of quaternary nitrogens is 1. The van der Waals surface area contributed by atoms with Crippen LogP contribution in [0.2, 0.25) is 0 Å². The zero-order valence-corrected chi connectivity index (χ0v) is 15.0. The van der Waals surface area contributed by atoms with Gasteiger partial charge in [-0.25, -0.2) is 9.80 Å². The normalized spacial score (nSPS) is 22.5. The van der Waals surface area contributed by atoms with Gasteiger partial charge in [0.05, 0.1) is 20.1 Å². The molecule has 5 heteroatoms. The van der Waals surface area contributed by atoms with Crippen LogP contribution >= 0.6 is 0 Å². The van der Waals surface area contributed by atoms with Crippen LogP contribution in [0.1, 0.15) is 26.3 Å². The lowest BCUT2D eigenvalue weighted by atomic mass is 10.2. The van der Waals surface area contributed by atoms with Gasteiger partial charge in [0.2, 0.25) is 6.29 Å². The third-order valence-electron chi connectivity index (χ3n) is 4.04. The van der Waals surface area contributed by atoms with Gasteiger partial charge in [-0.2, -0.15) is 0 Å². The Labute approximate surface area is 139 Å². The highest BCUT2D eigenvalue weighted by atomic mass is 16.6. The van der Waals surface area contributed by atoms with E-state index in [0.29, 0.717) is 6.54 Å². The van der Waals surface area contributed by atoms with Crippen LogP contribution < -0.4 is 4.90 Å². The lowest BCUT2D eigenvalue weighted by molar-refractivity contribution is -0.911. The smallest absolute Gasteiger partial charge is 0.320 e. The number of ether oxygens (including phenoxy) is 1. The number of nitrogens with one attached hydrogen (secondary N) is 1. The van der Waals surface area contributed by atoms with E-state index in [1.165, 1.54) is 10.5 Å². The molecule has 0 amide bonds. The van der Waals surface area contributed by atoms with Crippen molar-refractivity contribution in [3.8, 4) is 0 Å². The van der Waals surface area contributed by atoms with Crippen molar-refractivity contribution >= 4 is 5.97 Å². The Morgan fingerprint density at radius 1 is 1.35 bits per heavy atom. The van der Waals surface area contributed by atoms with E-state index in [4.69, 9.17) is 4.74 Å². The average Bonchev–Trinajstić information content (AvgIpc) is 2.76. The highest BCUT2D eigenvalue weighted by Gasteiger charge is 2.37. The van der Waals surface area contributed by atoms with Gasteiger partial charge in [0.25, 0.3) is 0 Å². The summed E-state index contributed by atoms with van der Waals surface area (Å²) in [5, 5.41) is 0. The summed E-state index contributed by atoms with van der Waals surface area (Å²) in [5.41, 5.74) is 0.764. The van der Waals surface area contributed by atoms with Gasteiger partial charge in [0, 0.05) is 6.54 Å². The minimum atomic E-state index is -0.449. The maximum absolute atomic E-state index is 12.3. The fraction of sp³-hybridized carbons (Fsp3) is 0.611. The minimum absolute atomic E-state index is 0.165. The maximum Gasteiger partial charge on any atom is 0.320 e. The van der Waals surface area contributed by atoms with Gasteiger partial charge in [-0.05, 0) is 33.4 Å². The van der Waals surface area contributed by atoms with Crippen LogP contribution in [0.25, 0.3) is 0 Å². The summed E-state index contributed by atoms with van der Waals surface area (Å²) < 4.78 is 5.53. The second-order valence-corrected chi connectivity index (χ2v) is 7.43. The van der Waals surface area contributed by atoms with E-state index in [2.05, 4.69) is 36.0 Å². The quantitative estimate of drug-likeness (QED) is 0.805. The van der Waals surface area contributed by atoms with Crippen molar-refractivity contribution in [1.82, 2.24) is 9.80 Å². The topological polar surface area (TPSA) is 37.2 Å². The van der Waals surface area contributed by atoms with Crippen molar-refractivity contribution in [3.05, 3.63) is 35.9 Å². The van der Waals surface area contributed by atoms with Crippen LogP contribution in [0.15, 0.2) is 30.3 Å². The molecule has 128 valence electrons. The molecule has 1 N–H and O–H groups in total. The number of rotatable bonds is 5. The monoisotopic (exact) mass is 320 g/mol. The number of benzene rings is 1. The summed E-state index contributed by atoms with van der Waals surface area (Å²) in [6.45, 7) is 8.89. The van der Waals surface area contributed by atoms with E-state index >= 15 is 0 Å². The molecule has 23 heavy (non-hydrogen) atoms. The molecule has 0 aliphatic carbocycles. The van der Waals surface area contributed by atoms with Crippen molar-refractivity contribution in [2.24, 2.45) is 0 Å². The Balaban J connectivity index is 2.12. The molecule has 1 aliphatic rings. The van der Waals surface area contributed by atoms with Gasteiger partial charge < -0.3 is 9.64 Å². The number of hydrogen-bond acceptors (Lipinski definition) is 4. The number of esters is 1. The summed E-state index contributed by atoms with van der Waals surface area (Å²) in [5.74, 6) is -0.165. The lowest BCUT2D eigenvalue weighted by Crippen LogP contribution is -3.13. The molecule has 5 nitrogen and oxygen atoms in total. The fourth-order valence-corrected chi connectivity index (χ4v) is 3.16. The van der Waals surface area contributed by atoms with Crippen molar-refractivity contribution < 1.29 is 14.4 Å². The standard InChI is InChI=1S/C18H29N3O2/c1-18(2,3)23-16(22)14-21(13-15-9-7-6-8-10-15)17-19(4)11-12-20(17)5/h6-10,17H,11-14H2,1-5H3/p+1. The van der Waals surface area contributed by atoms with Gasteiger partial charge in [0.1, 0.15) is 12.1 Å². The summed E-state index contributed by atoms with van der Waals surface area (Å²) in [6, 6.07) is 10.3. The number of hydrogen-bond donors (Lipinski definition) is 1. The lowest BCUT2D eigenvalue weighted by Gasteiger charge is -2.33. The SMILES string of the molecule is CN1CC[NH+](C)C1N(CC(=O)OC(C)(C)C)Cc1ccccc1. The molecule has 0 spiro atoms. The molecule has 2 rings (SSSR count). The molecule has 0 saturated carbocycles. The molecule has 1 heterocycles. The van der Waals surface area contributed by atoms with Gasteiger partial charge in [-0.1, -0.05) is 30.3 Å². The molecular formula is C18H30N3O2+. The van der Waals surface area contributed by atoms with Gasteiger partial charge >= 0.3 is 5.97 Å². The van der Waals surface area contributed by atoms with E-state index in [0.717, 1.165) is 19.6 Å². The Morgan fingerprint density at radius 3 is 2.52 bits per heavy atom. The molecule has 1 aliphatic heterocycles. The number of carbonyl (C=O) groups is 1. The predicted molar refractivity (Wildman–Crippen MR) is 90.9 cm³/mol. The maximum atomic E-state index is 12.3. The van der Waals surface area contributed by atoms with Gasteiger partial charge in [0.15, 0.2) is 0 Å². The average molecular weight is 320 g/mol. The molecule has 0 radical (unpaired) electrons. The first-order chi connectivity index (χ1) is 10.8. The van der Waals surface area contributed by atoms with Crippen LogP contribution in [-0.2, 0) is 16.1 Å². The molecule has 1 aromatic carbocycles. The number of nitrogens with zero attached hydrogens (tertiary/aromatic N) is 2. The van der Waals surface area contributed by atoms with E-state index < -0.39 is 5.60 Å². The number of carbonyl (C=O) groups excluding carboxylic acids is 1. The van der Waals surface area contributed by atoms with Gasteiger partial charge in [-0.3, -0.25) is 4.79 Å². The molecular weight excluding hydrogens is 290 g/mol. The molecule has 2 atom stereocenters. The molecule has 1 aromatic rings. The largest absolute Gasteiger partial charge is 0.459 e. The van der Waals surface area contributed by atoms with Crippen LogP contribution in [0.5, 0.6) is 0 Å². The van der Waals surface area contributed by atoms with Crippen molar-refractivity contribution in [2.45, 2.75) is 39.2 Å². The van der Waals surface area contributed by atoms with E-state index in [-0.39, 0.29) is 12.3 Å². The molecule has 1 saturated heterocycles. The van der Waals surface area contributed by atoms with Crippen LogP contribution in [0, 0.1) is 0 Å². The van der Waals surface area contributed by atoms with Crippen LogP contribution in [-0.4, -0.2) is 61.4 Å². The summed E-state index contributed by atoms with van der Waals surface area (Å²) in [4.78, 5) is 18.3. The Bertz CT molecular complexity index is 503. The second kappa shape index (κ2) is 7.43. The first-order valence-corrected chi connectivity index (χ1v) is 8.28. The second-order valence-electron chi connectivity index (χ2n) is 7.43. The fourth-order valence-electron chi connectivity index (χ4n) is 3.16. The minimum Gasteiger partial charge on any atom is -0.459 e. The highest BCUT2D eigenvalue weighted by Crippen LogP contribution is 2.12. The van der Waals surface area contributed by atoms with Crippen molar-refractivity contribution in [3.63, 3.8) is 0 Å². The van der Waals surface area contributed by atoms with Gasteiger partial charge in [-0.15, -0.1) is 0 Å². The van der Waals surface area contributed by atoms with Crippen LogP contribution in [0.3, 0.4) is 0 Å². The summed E-state index contributed by atoms with van der Waals surface area (Å²) in [7, 11) is 4.30. The number of likely N-dealkylation sites (N-methyl/N-ethyl adjacent to an activating group) is 2. The first kappa shape index (κ1) is 17.9. The predicted octanol–water partition coefficient (Wildman–Crippen LogP) is 0.574. The first-order valence-electron chi connectivity index (χ1n) is 8.28. The van der Waals surface area contributed by atoms with E-state index in [1.807, 2.05) is 39.0 Å². The third kappa shape index (κ3) is 5.30. The molecule has 1 fully saturated rings. The summed E-state index contributed by atoms with van der Waals surface area (Å²) in [6.07, 6.45) is 0.197. The zero-order chi connectivity index (χ0) is 17.0. The highest BCUT2D eigenvalue weighted by molar-refractivity contribution is 5.72. The molecule has 0 aromatic heterocycles. The molecule has 0 bridgehead atoms. The molecule has 2 unspecified atom stereocenters. The third-order valence-corrected chi connectivity index (χ3v) is 4.04. The van der Waals surface area contributed by atoms with Crippen LogP contribution in [0.4, 0.5) is 0 Å². The Morgan fingerprint density at radius 2 is 2.00 bits per heavy atom.